The molecule has 3 unspecified atom stereocenters. The van der Waals surface area contributed by atoms with Gasteiger partial charge in [-0.1, -0.05) is 27.7 Å². The molecule has 96 valence electrons. The molecule has 2 fully saturated rings. The lowest BCUT2D eigenvalue weighted by atomic mass is 9.60. The van der Waals surface area contributed by atoms with Crippen molar-refractivity contribution in [3.05, 3.63) is 0 Å². The van der Waals surface area contributed by atoms with Crippen molar-refractivity contribution in [3.63, 3.8) is 0 Å². The Kier molecular flexibility index (Phi) is 3.04. The Morgan fingerprint density at radius 3 is 2.53 bits per heavy atom. The second-order valence-electron chi connectivity index (χ2n) is 6.75. The largest absolute Gasteiger partial charge is 0.393 e. The number of hydrogen-bond acceptors (Lipinski definition) is 3. The molecule has 1 saturated heterocycles. The molecule has 1 heterocycles. The van der Waals surface area contributed by atoms with Crippen molar-refractivity contribution in [1.82, 2.24) is 0 Å². The van der Waals surface area contributed by atoms with E-state index in [-0.39, 0.29) is 29.2 Å². The van der Waals surface area contributed by atoms with Crippen LogP contribution in [0.25, 0.3) is 0 Å². The summed E-state index contributed by atoms with van der Waals surface area (Å²) < 4.78 is 4.82. The zero-order valence-electron chi connectivity index (χ0n) is 11.2. The van der Waals surface area contributed by atoms with Gasteiger partial charge in [0.2, 0.25) is 0 Å². The molecule has 1 aliphatic carbocycles. The summed E-state index contributed by atoms with van der Waals surface area (Å²) in [6.07, 6.45) is 2.99. The summed E-state index contributed by atoms with van der Waals surface area (Å²) >= 11 is 0. The summed E-state index contributed by atoms with van der Waals surface area (Å²) in [5.74, 6) is 0.202. The predicted molar refractivity (Wildman–Crippen MR) is 64.0 cm³/mol. The standard InChI is InChI=1S/C14H22O3/c1-8(2)5-9-6-10-11(14(3,4)7-9)13(16)17-12(10)15/h8-11H,5-7H2,1-4H3. The van der Waals surface area contributed by atoms with Crippen molar-refractivity contribution in [1.29, 1.82) is 0 Å². The van der Waals surface area contributed by atoms with E-state index in [1.807, 2.05) is 0 Å². The molecule has 0 radical (unpaired) electrons. The van der Waals surface area contributed by atoms with Crippen LogP contribution in [-0.2, 0) is 14.3 Å². The zero-order chi connectivity index (χ0) is 12.8. The number of esters is 2. The van der Waals surface area contributed by atoms with E-state index in [1.54, 1.807) is 0 Å². The lowest BCUT2D eigenvalue weighted by molar-refractivity contribution is -0.154. The Labute approximate surface area is 103 Å². The summed E-state index contributed by atoms with van der Waals surface area (Å²) in [4.78, 5) is 23.4. The molecule has 2 aliphatic rings. The molecule has 0 N–H and O–H groups in total. The van der Waals surface area contributed by atoms with Gasteiger partial charge in [0.05, 0.1) is 11.8 Å². The Bertz CT molecular complexity index is 343. The molecule has 17 heavy (non-hydrogen) atoms. The summed E-state index contributed by atoms with van der Waals surface area (Å²) in [6, 6.07) is 0. The number of cyclic esters (lactones) is 2. The molecule has 0 aromatic carbocycles. The second kappa shape index (κ2) is 4.11. The Hall–Kier alpha value is -0.860. The molecule has 0 amide bonds. The summed E-state index contributed by atoms with van der Waals surface area (Å²) in [6.45, 7) is 8.60. The maximum Gasteiger partial charge on any atom is 0.318 e. The quantitative estimate of drug-likeness (QED) is 0.549. The molecule has 3 heteroatoms. The van der Waals surface area contributed by atoms with Crippen LogP contribution in [0.4, 0.5) is 0 Å². The third-order valence-corrected chi connectivity index (χ3v) is 4.21. The lowest BCUT2D eigenvalue weighted by Crippen LogP contribution is -2.40. The van der Waals surface area contributed by atoms with Crippen LogP contribution in [0.1, 0.15) is 47.0 Å². The average molecular weight is 238 g/mol. The predicted octanol–water partition coefficient (Wildman–Crippen LogP) is 2.78. The van der Waals surface area contributed by atoms with Gasteiger partial charge in [0, 0.05) is 0 Å². The normalized spacial score (nSPS) is 35.9. The van der Waals surface area contributed by atoms with Crippen LogP contribution in [0, 0.1) is 29.1 Å². The minimum Gasteiger partial charge on any atom is -0.393 e. The topological polar surface area (TPSA) is 43.4 Å². The third kappa shape index (κ3) is 2.24. The highest BCUT2D eigenvalue weighted by atomic mass is 16.6. The van der Waals surface area contributed by atoms with Crippen LogP contribution >= 0.6 is 0 Å². The van der Waals surface area contributed by atoms with Gasteiger partial charge >= 0.3 is 11.9 Å². The van der Waals surface area contributed by atoms with E-state index in [0.29, 0.717) is 11.8 Å². The number of ether oxygens (including phenoxy) is 1. The van der Waals surface area contributed by atoms with Crippen molar-refractivity contribution in [2.75, 3.05) is 0 Å². The fraction of sp³-hybridized carbons (Fsp3) is 0.857. The van der Waals surface area contributed by atoms with Gasteiger partial charge in [0.15, 0.2) is 0 Å². The van der Waals surface area contributed by atoms with Gasteiger partial charge in [0.25, 0.3) is 0 Å². The maximum atomic E-state index is 11.7. The number of carbonyl (C=O) groups excluding carboxylic acids is 2. The van der Waals surface area contributed by atoms with Gasteiger partial charge in [-0.25, -0.2) is 0 Å². The van der Waals surface area contributed by atoms with Crippen molar-refractivity contribution >= 4 is 11.9 Å². The second-order valence-corrected chi connectivity index (χ2v) is 6.75. The van der Waals surface area contributed by atoms with E-state index in [4.69, 9.17) is 4.74 Å². The van der Waals surface area contributed by atoms with Crippen LogP contribution in [0.5, 0.6) is 0 Å². The first kappa shape index (κ1) is 12.6. The SMILES string of the molecule is CC(C)CC1CC2C(=O)OC(=O)C2C(C)(C)C1. The molecule has 2 rings (SSSR count). The minimum absolute atomic E-state index is 0.105. The van der Waals surface area contributed by atoms with E-state index in [0.717, 1.165) is 19.3 Å². The summed E-state index contributed by atoms with van der Waals surface area (Å²) in [5.41, 5.74) is -0.105. The first-order valence-corrected chi connectivity index (χ1v) is 6.57. The smallest absolute Gasteiger partial charge is 0.318 e. The van der Waals surface area contributed by atoms with Crippen molar-refractivity contribution < 1.29 is 14.3 Å². The number of carbonyl (C=O) groups is 2. The van der Waals surface area contributed by atoms with Crippen LogP contribution in [-0.4, -0.2) is 11.9 Å². The molecule has 0 spiro atoms. The molecule has 1 aliphatic heterocycles. The van der Waals surface area contributed by atoms with E-state index in [9.17, 15) is 9.59 Å². The Morgan fingerprint density at radius 2 is 1.94 bits per heavy atom. The Balaban J connectivity index is 2.19. The van der Waals surface area contributed by atoms with Crippen molar-refractivity contribution in [3.8, 4) is 0 Å². The van der Waals surface area contributed by atoms with Gasteiger partial charge in [-0.05, 0) is 36.5 Å². The Morgan fingerprint density at radius 1 is 1.29 bits per heavy atom. The van der Waals surface area contributed by atoms with Gasteiger partial charge in [-0.3, -0.25) is 9.59 Å². The highest BCUT2D eigenvalue weighted by Gasteiger charge is 2.55. The molecule has 1 saturated carbocycles. The lowest BCUT2D eigenvalue weighted by Gasteiger charge is -2.41. The average Bonchev–Trinajstić information content (AvgIpc) is 2.39. The first-order valence-electron chi connectivity index (χ1n) is 6.57. The molecule has 3 atom stereocenters. The van der Waals surface area contributed by atoms with Crippen LogP contribution in [0.15, 0.2) is 0 Å². The zero-order valence-corrected chi connectivity index (χ0v) is 11.2. The highest BCUT2D eigenvalue weighted by Crippen LogP contribution is 2.51. The van der Waals surface area contributed by atoms with Gasteiger partial charge < -0.3 is 4.74 Å². The summed E-state index contributed by atoms with van der Waals surface area (Å²) in [7, 11) is 0. The first-order chi connectivity index (χ1) is 7.81. The molecule has 0 aromatic rings. The van der Waals surface area contributed by atoms with Gasteiger partial charge in [-0.15, -0.1) is 0 Å². The number of fused-ring (bicyclic) bond motifs is 1. The van der Waals surface area contributed by atoms with Crippen LogP contribution in [0.3, 0.4) is 0 Å². The number of rotatable bonds is 2. The van der Waals surface area contributed by atoms with E-state index in [2.05, 4.69) is 27.7 Å². The van der Waals surface area contributed by atoms with E-state index >= 15 is 0 Å². The van der Waals surface area contributed by atoms with Crippen molar-refractivity contribution in [2.24, 2.45) is 29.1 Å². The molecule has 3 nitrogen and oxygen atoms in total. The molecular weight excluding hydrogens is 216 g/mol. The van der Waals surface area contributed by atoms with Gasteiger partial charge in [-0.2, -0.15) is 0 Å². The highest BCUT2D eigenvalue weighted by molar-refractivity contribution is 5.97. The van der Waals surface area contributed by atoms with E-state index in [1.165, 1.54) is 0 Å². The minimum atomic E-state index is -0.298. The van der Waals surface area contributed by atoms with Crippen molar-refractivity contribution in [2.45, 2.75) is 47.0 Å². The fourth-order valence-corrected chi connectivity index (χ4v) is 3.79. The third-order valence-electron chi connectivity index (χ3n) is 4.21. The van der Waals surface area contributed by atoms with Gasteiger partial charge in [0.1, 0.15) is 0 Å². The molecule has 0 aromatic heterocycles. The maximum absolute atomic E-state index is 11.7. The monoisotopic (exact) mass is 238 g/mol. The molecule has 0 bridgehead atoms. The van der Waals surface area contributed by atoms with Crippen LogP contribution < -0.4 is 0 Å². The fourth-order valence-electron chi connectivity index (χ4n) is 3.79. The summed E-state index contributed by atoms with van der Waals surface area (Å²) in [5, 5.41) is 0. The van der Waals surface area contributed by atoms with Crippen LogP contribution in [0.2, 0.25) is 0 Å². The number of hydrogen-bond donors (Lipinski definition) is 0. The van der Waals surface area contributed by atoms with E-state index < -0.39 is 0 Å². The molecular formula is C14H22O3.